The monoisotopic (exact) mass is 312 g/mol. The third kappa shape index (κ3) is 5.16. The maximum absolute atomic E-state index is 11.7. The van der Waals surface area contributed by atoms with Crippen LogP contribution in [-0.2, 0) is 24.5 Å². The third-order valence-corrected chi connectivity index (χ3v) is 3.38. The minimum absolute atomic E-state index is 0.132. The van der Waals surface area contributed by atoms with Gasteiger partial charge in [-0.1, -0.05) is 6.42 Å². The molecule has 0 radical (unpaired) electrons. The normalized spacial score (nSPS) is 11.1. The Morgan fingerprint density at radius 2 is 1.95 bits per heavy atom. The Labute approximate surface area is 129 Å². The molecule has 0 atom stereocenters. The number of nitrogens with zero attached hydrogens (tertiary/aromatic N) is 2. The maximum atomic E-state index is 11.7. The SMILES string of the molecule is CN(C)Cc1c(O)c(=O)cc(CO)n1CCCCCC(=O)O. The summed E-state index contributed by atoms with van der Waals surface area (Å²) in [6.45, 7) is 0.613. The van der Waals surface area contributed by atoms with E-state index in [0.717, 1.165) is 6.42 Å². The Bertz CT molecular complexity index is 566. The summed E-state index contributed by atoms with van der Waals surface area (Å²) in [6.07, 6.45) is 2.15. The number of carboxylic acids is 1. The van der Waals surface area contributed by atoms with Crippen molar-refractivity contribution in [3.05, 3.63) is 27.7 Å². The molecule has 124 valence electrons. The third-order valence-electron chi connectivity index (χ3n) is 3.38. The van der Waals surface area contributed by atoms with Crippen LogP contribution in [0.1, 0.15) is 37.1 Å². The van der Waals surface area contributed by atoms with Crippen LogP contribution in [0.4, 0.5) is 0 Å². The molecule has 0 aliphatic rings. The lowest BCUT2D eigenvalue weighted by atomic mass is 10.1. The van der Waals surface area contributed by atoms with Crippen molar-refractivity contribution in [2.75, 3.05) is 14.1 Å². The summed E-state index contributed by atoms with van der Waals surface area (Å²) in [7, 11) is 3.65. The number of carboxylic acid groups (broad SMARTS) is 1. The second-order valence-corrected chi connectivity index (χ2v) is 5.55. The predicted octanol–water partition coefficient (Wildman–Crippen LogP) is 0.753. The fraction of sp³-hybridized carbons (Fsp3) is 0.600. The second kappa shape index (κ2) is 8.55. The first-order valence-corrected chi connectivity index (χ1v) is 7.28. The highest BCUT2D eigenvalue weighted by Gasteiger charge is 2.15. The summed E-state index contributed by atoms with van der Waals surface area (Å²) < 4.78 is 1.75. The molecular formula is C15H24N2O5. The molecular weight excluding hydrogens is 288 g/mol. The van der Waals surface area contributed by atoms with E-state index in [1.165, 1.54) is 6.07 Å². The van der Waals surface area contributed by atoms with Crippen LogP contribution in [0.15, 0.2) is 10.9 Å². The van der Waals surface area contributed by atoms with Crippen LogP contribution < -0.4 is 5.43 Å². The van der Waals surface area contributed by atoms with Gasteiger partial charge in [0.1, 0.15) is 0 Å². The van der Waals surface area contributed by atoms with Crippen LogP contribution >= 0.6 is 0 Å². The first kappa shape index (κ1) is 18.2. The van der Waals surface area contributed by atoms with Gasteiger partial charge in [-0.15, -0.1) is 0 Å². The van der Waals surface area contributed by atoms with Crippen LogP contribution in [0.25, 0.3) is 0 Å². The highest BCUT2D eigenvalue weighted by Crippen LogP contribution is 2.18. The van der Waals surface area contributed by atoms with Crippen molar-refractivity contribution in [3.8, 4) is 5.75 Å². The Hall–Kier alpha value is -1.86. The van der Waals surface area contributed by atoms with Gasteiger partial charge in [0.05, 0.1) is 12.3 Å². The summed E-state index contributed by atoms with van der Waals surface area (Å²) >= 11 is 0. The van der Waals surface area contributed by atoms with E-state index in [0.29, 0.717) is 37.3 Å². The van der Waals surface area contributed by atoms with E-state index in [-0.39, 0.29) is 18.8 Å². The van der Waals surface area contributed by atoms with Gasteiger partial charge >= 0.3 is 5.97 Å². The minimum Gasteiger partial charge on any atom is -0.503 e. The van der Waals surface area contributed by atoms with Crippen molar-refractivity contribution in [2.45, 2.75) is 45.4 Å². The van der Waals surface area contributed by atoms with Gasteiger partial charge in [-0.2, -0.15) is 0 Å². The molecule has 7 nitrogen and oxygen atoms in total. The average molecular weight is 312 g/mol. The number of aliphatic carboxylic acids is 1. The number of hydrogen-bond acceptors (Lipinski definition) is 5. The number of aliphatic hydroxyl groups is 1. The highest BCUT2D eigenvalue weighted by molar-refractivity contribution is 5.66. The lowest BCUT2D eigenvalue weighted by molar-refractivity contribution is -0.137. The van der Waals surface area contributed by atoms with Gasteiger partial charge in [-0.05, 0) is 26.9 Å². The average Bonchev–Trinajstić information content (AvgIpc) is 2.44. The van der Waals surface area contributed by atoms with Gasteiger partial charge in [0.2, 0.25) is 5.43 Å². The number of hydrogen-bond donors (Lipinski definition) is 3. The zero-order valence-corrected chi connectivity index (χ0v) is 13.1. The topological polar surface area (TPSA) is 103 Å². The molecule has 1 aromatic heterocycles. The zero-order valence-electron chi connectivity index (χ0n) is 13.1. The molecule has 1 aromatic rings. The summed E-state index contributed by atoms with van der Waals surface area (Å²) in [5.74, 6) is -1.11. The molecule has 0 aromatic carbocycles. The molecule has 0 spiro atoms. The molecule has 22 heavy (non-hydrogen) atoms. The quantitative estimate of drug-likeness (QED) is 0.582. The molecule has 1 rings (SSSR count). The van der Waals surface area contributed by atoms with Crippen LogP contribution in [0, 0.1) is 0 Å². The van der Waals surface area contributed by atoms with E-state index >= 15 is 0 Å². The number of carbonyl (C=O) groups is 1. The predicted molar refractivity (Wildman–Crippen MR) is 81.8 cm³/mol. The lowest BCUT2D eigenvalue weighted by Gasteiger charge is -2.21. The van der Waals surface area contributed by atoms with Crippen LogP contribution in [0.3, 0.4) is 0 Å². The molecule has 0 bridgehead atoms. The zero-order chi connectivity index (χ0) is 16.7. The summed E-state index contributed by atoms with van der Waals surface area (Å²) in [6, 6.07) is 1.24. The van der Waals surface area contributed by atoms with Gasteiger partial charge in [0.15, 0.2) is 5.75 Å². The van der Waals surface area contributed by atoms with Gasteiger partial charge in [0, 0.05) is 31.3 Å². The Morgan fingerprint density at radius 3 is 2.50 bits per heavy atom. The van der Waals surface area contributed by atoms with Crippen molar-refractivity contribution in [3.63, 3.8) is 0 Å². The largest absolute Gasteiger partial charge is 0.503 e. The minimum atomic E-state index is -0.814. The van der Waals surface area contributed by atoms with E-state index in [1.54, 1.807) is 4.57 Å². The number of aliphatic hydroxyl groups excluding tert-OH is 1. The number of aromatic hydroxyl groups is 1. The maximum Gasteiger partial charge on any atom is 0.303 e. The van der Waals surface area contributed by atoms with Crippen LogP contribution in [0.5, 0.6) is 5.75 Å². The van der Waals surface area contributed by atoms with Gasteiger partial charge < -0.3 is 24.8 Å². The van der Waals surface area contributed by atoms with Crippen LogP contribution in [0.2, 0.25) is 0 Å². The molecule has 0 saturated carbocycles. The smallest absolute Gasteiger partial charge is 0.303 e. The fourth-order valence-corrected chi connectivity index (χ4v) is 2.33. The molecule has 0 amide bonds. The molecule has 0 unspecified atom stereocenters. The van der Waals surface area contributed by atoms with Gasteiger partial charge in [-0.3, -0.25) is 9.59 Å². The van der Waals surface area contributed by atoms with Crippen molar-refractivity contribution >= 4 is 5.97 Å². The number of aromatic nitrogens is 1. The molecule has 1 heterocycles. The molecule has 7 heteroatoms. The van der Waals surface area contributed by atoms with Gasteiger partial charge in [0.25, 0.3) is 0 Å². The Morgan fingerprint density at radius 1 is 1.27 bits per heavy atom. The Balaban J connectivity index is 2.92. The van der Waals surface area contributed by atoms with Crippen molar-refractivity contribution < 1.29 is 20.1 Å². The first-order chi connectivity index (χ1) is 10.4. The van der Waals surface area contributed by atoms with Crippen LogP contribution in [-0.4, -0.2) is 44.9 Å². The fourth-order valence-electron chi connectivity index (χ4n) is 2.33. The highest BCUT2D eigenvalue weighted by atomic mass is 16.4. The van der Waals surface area contributed by atoms with E-state index in [2.05, 4.69) is 0 Å². The number of unbranched alkanes of at least 4 members (excludes halogenated alkanes) is 2. The molecule has 0 aliphatic carbocycles. The van der Waals surface area contributed by atoms with Crippen molar-refractivity contribution in [1.82, 2.24) is 9.47 Å². The van der Waals surface area contributed by atoms with E-state index in [9.17, 15) is 19.8 Å². The molecule has 0 aliphatic heterocycles. The van der Waals surface area contributed by atoms with E-state index < -0.39 is 11.4 Å². The van der Waals surface area contributed by atoms with E-state index in [4.69, 9.17) is 5.11 Å². The summed E-state index contributed by atoms with van der Waals surface area (Å²) in [5, 5.41) is 28.0. The number of rotatable bonds is 9. The van der Waals surface area contributed by atoms with E-state index in [1.807, 2.05) is 19.0 Å². The first-order valence-electron chi connectivity index (χ1n) is 7.28. The van der Waals surface area contributed by atoms with Crippen molar-refractivity contribution in [1.29, 1.82) is 0 Å². The summed E-state index contributed by atoms with van der Waals surface area (Å²) in [4.78, 5) is 24.1. The molecule has 0 fully saturated rings. The molecule has 3 N–H and O–H groups in total. The summed E-state index contributed by atoms with van der Waals surface area (Å²) in [5.41, 5.74) is 0.431. The van der Waals surface area contributed by atoms with Crippen molar-refractivity contribution in [2.24, 2.45) is 0 Å². The Kier molecular flexibility index (Phi) is 7.07. The van der Waals surface area contributed by atoms with Gasteiger partial charge in [-0.25, -0.2) is 0 Å². The lowest BCUT2D eigenvalue weighted by Crippen LogP contribution is -2.23. The number of pyridine rings is 1. The standard InChI is InChI=1S/C15H24N2O5/c1-16(2)9-12-15(22)13(19)8-11(10-18)17(12)7-5-3-4-6-14(20)21/h8,18,22H,3-7,9-10H2,1-2H3,(H,20,21). The molecule has 0 saturated heterocycles. The second-order valence-electron chi connectivity index (χ2n) is 5.55.